The quantitative estimate of drug-likeness (QED) is 0.567. The number of rotatable bonds is 2. The molecule has 0 amide bonds. The van der Waals surface area contributed by atoms with Gasteiger partial charge in [-0.25, -0.2) is 4.99 Å². The van der Waals surface area contributed by atoms with Crippen molar-refractivity contribution in [3.05, 3.63) is 17.5 Å². The van der Waals surface area contributed by atoms with Crippen molar-refractivity contribution in [2.24, 2.45) is 10.7 Å². The van der Waals surface area contributed by atoms with E-state index < -0.39 is 0 Å². The van der Waals surface area contributed by atoms with Gasteiger partial charge in [0.05, 0.1) is 5.69 Å². The Morgan fingerprint density at radius 3 is 2.73 bits per heavy atom. The van der Waals surface area contributed by atoms with Gasteiger partial charge in [-0.1, -0.05) is 5.16 Å². The Morgan fingerprint density at radius 1 is 1.60 bits per heavy atom. The maximum Gasteiger partial charge on any atom is 0.189 e. The van der Waals surface area contributed by atoms with Gasteiger partial charge in [0.25, 0.3) is 0 Å². The molecule has 0 saturated heterocycles. The molecule has 0 atom stereocenters. The molecule has 0 aliphatic carbocycles. The third-order valence-corrected chi connectivity index (χ3v) is 1.59. The van der Waals surface area contributed by atoms with E-state index in [2.05, 4.69) is 15.5 Å². The molecule has 0 aliphatic heterocycles. The molecule has 1 aromatic rings. The zero-order chi connectivity index (χ0) is 11.5. The SMILES string of the molecule is Cc1cc(CN=C(N)NC(C)(C)C)on1. The van der Waals surface area contributed by atoms with E-state index in [4.69, 9.17) is 10.3 Å². The minimum Gasteiger partial charge on any atom is -0.370 e. The highest BCUT2D eigenvalue weighted by atomic mass is 16.5. The van der Waals surface area contributed by atoms with Crippen molar-refractivity contribution >= 4 is 5.96 Å². The van der Waals surface area contributed by atoms with Crippen molar-refractivity contribution in [3.63, 3.8) is 0 Å². The smallest absolute Gasteiger partial charge is 0.189 e. The van der Waals surface area contributed by atoms with Crippen LogP contribution in [0.1, 0.15) is 32.2 Å². The molecule has 1 rings (SSSR count). The lowest BCUT2D eigenvalue weighted by molar-refractivity contribution is 0.381. The van der Waals surface area contributed by atoms with E-state index in [0.29, 0.717) is 18.3 Å². The summed E-state index contributed by atoms with van der Waals surface area (Å²) in [5, 5.41) is 6.83. The highest BCUT2D eigenvalue weighted by Gasteiger charge is 2.09. The molecule has 5 nitrogen and oxygen atoms in total. The van der Waals surface area contributed by atoms with Crippen molar-refractivity contribution < 1.29 is 4.52 Å². The van der Waals surface area contributed by atoms with Crippen LogP contribution in [0.2, 0.25) is 0 Å². The van der Waals surface area contributed by atoms with E-state index in [1.807, 2.05) is 33.8 Å². The number of nitrogens with two attached hydrogens (primary N) is 1. The Bertz CT molecular complexity index is 349. The molecule has 5 heteroatoms. The number of nitrogens with zero attached hydrogens (tertiary/aromatic N) is 2. The van der Waals surface area contributed by atoms with Crippen molar-refractivity contribution in [3.8, 4) is 0 Å². The van der Waals surface area contributed by atoms with Gasteiger partial charge in [-0.3, -0.25) is 0 Å². The molecule has 0 unspecified atom stereocenters. The summed E-state index contributed by atoms with van der Waals surface area (Å²) in [6.45, 7) is 8.35. The Labute approximate surface area is 89.7 Å². The van der Waals surface area contributed by atoms with E-state index in [-0.39, 0.29) is 5.54 Å². The molecule has 15 heavy (non-hydrogen) atoms. The summed E-state index contributed by atoms with van der Waals surface area (Å²) in [6.07, 6.45) is 0. The first-order chi connectivity index (χ1) is 6.87. The third kappa shape index (κ3) is 4.49. The maximum atomic E-state index is 5.69. The molecule has 0 aromatic carbocycles. The van der Waals surface area contributed by atoms with Crippen molar-refractivity contribution in [1.29, 1.82) is 0 Å². The molecule has 0 aliphatic rings. The average molecular weight is 210 g/mol. The number of aliphatic imine (C=N–C) groups is 1. The lowest BCUT2D eigenvalue weighted by atomic mass is 10.1. The Kier molecular flexibility index (Phi) is 3.34. The van der Waals surface area contributed by atoms with Crippen LogP contribution in [0.5, 0.6) is 0 Å². The van der Waals surface area contributed by atoms with Crippen LogP contribution >= 0.6 is 0 Å². The molecule has 84 valence electrons. The van der Waals surface area contributed by atoms with Gasteiger partial charge in [-0.15, -0.1) is 0 Å². The highest BCUT2D eigenvalue weighted by Crippen LogP contribution is 2.03. The summed E-state index contributed by atoms with van der Waals surface area (Å²) in [7, 11) is 0. The van der Waals surface area contributed by atoms with Crippen molar-refractivity contribution in [1.82, 2.24) is 10.5 Å². The van der Waals surface area contributed by atoms with Crippen LogP contribution in [-0.2, 0) is 6.54 Å². The molecule has 0 spiro atoms. The molecule has 0 fully saturated rings. The number of hydrogen-bond acceptors (Lipinski definition) is 3. The summed E-state index contributed by atoms with van der Waals surface area (Å²) < 4.78 is 5.00. The Hall–Kier alpha value is -1.52. The third-order valence-electron chi connectivity index (χ3n) is 1.59. The summed E-state index contributed by atoms with van der Waals surface area (Å²) in [5.41, 5.74) is 6.46. The second kappa shape index (κ2) is 4.33. The standard InChI is InChI=1S/C10H18N4O/c1-7-5-8(15-14-7)6-12-9(11)13-10(2,3)4/h5H,6H2,1-4H3,(H3,11,12,13). The van der Waals surface area contributed by atoms with Crippen LogP contribution in [0.3, 0.4) is 0 Å². The number of hydrogen-bond donors (Lipinski definition) is 2. The van der Waals surface area contributed by atoms with Gasteiger partial charge in [-0.05, 0) is 27.7 Å². The van der Waals surface area contributed by atoms with Crippen LogP contribution in [0.4, 0.5) is 0 Å². The lowest BCUT2D eigenvalue weighted by Crippen LogP contribution is -2.44. The average Bonchev–Trinajstić information content (AvgIpc) is 2.45. The molecular formula is C10H18N4O. The second-order valence-electron chi connectivity index (χ2n) is 4.51. The zero-order valence-corrected chi connectivity index (χ0v) is 9.66. The van der Waals surface area contributed by atoms with Crippen LogP contribution in [0.15, 0.2) is 15.6 Å². The van der Waals surface area contributed by atoms with Gasteiger partial charge in [-0.2, -0.15) is 0 Å². The fourth-order valence-electron chi connectivity index (χ4n) is 1.08. The number of guanidine groups is 1. The monoisotopic (exact) mass is 210 g/mol. The molecule has 3 N–H and O–H groups in total. The number of nitrogens with one attached hydrogen (secondary N) is 1. The van der Waals surface area contributed by atoms with Gasteiger partial charge in [0.2, 0.25) is 0 Å². The van der Waals surface area contributed by atoms with E-state index in [9.17, 15) is 0 Å². The van der Waals surface area contributed by atoms with Crippen molar-refractivity contribution in [2.75, 3.05) is 0 Å². The predicted molar refractivity (Wildman–Crippen MR) is 59.5 cm³/mol. The van der Waals surface area contributed by atoms with E-state index in [1.165, 1.54) is 0 Å². The largest absolute Gasteiger partial charge is 0.370 e. The van der Waals surface area contributed by atoms with E-state index in [1.54, 1.807) is 0 Å². The van der Waals surface area contributed by atoms with Gasteiger partial charge in [0.1, 0.15) is 6.54 Å². The Morgan fingerprint density at radius 2 is 2.27 bits per heavy atom. The molecule has 0 bridgehead atoms. The fourth-order valence-corrected chi connectivity index (χ4v) is 1.08. The first-order valence-corrected chi connectivity index (χ1v) is 4.87. The van der Waals surface area contributed by atoms with Crippen LogP contribution in [0, 0.1) is 6.92 Å². The number of aromatic nitrogens is 1. The predicted octanol–water partition coefficient (Wildman–Crippen LogP) is 1.19. The summed E-state index contributed by atoms with van der Waals surface area (Å²) in [6, 6.07) is 1.84. The summed E-state index contributed by atoms with van der Waals surface area (Å²) >= 11 is 0. The molecule has 0 radical (unpaired) electrons. The van der Waals surface area contributed by atoms with Crippen LogP contribution in [0.25, 0.3) is 0 Å². The first-order valence-electron chi connectivity index (χ1n) is 4.87. The van der Waals surface area contributed by atoms with E-state index >= 15 is 0 Å². The first kappa shape index (κ1) is 11.6. The van der Waals surface area contributed by atoms with Gasteiger partial charge in [0.15, 0.2) is 11.7 Å². The van der Waals surface area contributed by atoms with Gasteiger partial charge >= 0.3 is 0 Å². The van der Waals surface area contributed by atoms with Gasteiger partial charge in [0, 0.05) is 11.6 Å². The van der Waals surface area contributed by atoms with Gasteiger partial charge < -0.3 is 15.6 Å². The van der Waals surface area contributed by atoms with Crippen LogP contribution < -0.4 is 11.1 Å². The molecular weight excluding hydrogens is 192 g/mol. The fraction of sp³-hybridized carbons (Fsp3) is 0.600. The Balaban J connectivity index is 2.51. The zero-order valence-electron chi connectivity index (χ0n) is 9.66. The minimum atomic E-state index is -0.0785. The maximum absolute atomic E-state index is 5.69. The van der Waals surface area contributed by atoms with E-state index in [0.717, 1.165) is 5.69 Å². The molecule has 1 aromatic heterocycles. The van der Waals surface area contributed by atoms with Crippen molar-refractivity contribution in [2.45, 2.75) is 39.8 Å². The molecule has 1 heterocycles. The minimum absolute atomic E-state index is 0.0785. The summed E-state index contributed by atoms with van der Waals surface area (Å²) in [4.78, 5) is 4.14. The molecule has 0 saturated carbocycles. The lowest BCUT2D eigenvalue weighted by Gasteiger charge is -2.20. The second-order valence-corrected chi connectivity index (χ2v) is 4.51. The highest BCUT2D eigenvalue weighted by molar-refractivity contribution is 5.78. The number of aryl methyl sites for hydroxylation is 1. The van der Waals surface area contributed by atoms with Crippen LogP contribution in [-0.4, -0.2) is 16.7 Å². The topological polar surface area (TPSA) is 76.4 Å². The normalized spacial score (nSPS) is 12.9. The summed E-state index contributed by atoms with van der Waals surface area (Å²) in [5.74, 6) is 1.13.